The highest BCUT2D eigenvalue weighted by Crippen LogP contribution is 2.32. The maximum absolute atomic E-state index is 11.8. The minimum atomic E-state index is -0.489. The number of carbonyl (C=O) groups excluding carboxylic acids is 2. The molecule has 1 heterocycles. The molecule has 1 aliphatic heterocycles. The number of amides is 2. The van der Waals surface area contributed by atoms with Gasteiger partial charge in [0.2, 0.25) is 5.91 Å². The van der Waals surface area contributed by atoms with Crippen LogP contribution in [0.2, 0.25) is 0 Å². The fraction of sp³-hybridized carbons (Fsp3) is 0.500. The molecular formula is C16H22N2O3. The van der Waals surface area contributed by atoms with Crippen LogP contribution in [0.3, 0.4) is 0 Å². The molecular weight excluding hydrogens is 268 g/mol. The zero-order valence-corrected chi connectivity index (χ0v) is 12.6. The van der Waals surface area contributed by atoms with E-state index in [9.17, 15) is 9.59 Å². The second-order valence-electron chi connectivity index (χ2n) is 5.32. The predicted octanol–water partition coefficient (Wildman–Crippen LogP) is 3.31. The van der Waals surface area contributed by atoms with Gasteiger partial charge in [0.25, 0.3) is 5.91 Å². The number of hydrogen-bond donors (Lipinski definition) is 2. The molecule has 0 radical (unpaired) electrons. The molecule has 2 amide bonds. The Bertz CT molecular complexity index is 528. The summed E-state index contributed by atoms with van der Waals surface area (Å²) in [6, 6.07) is 5.27. The van der Waals surface area contributed by atoms with Crippen LogP contribution in [0.15, 0.2) is 18.2 Å². The van der Waals surface area contributed by atoms with Crippen molar-refractivity contribution < 1.29 is 14.3 Å². The topological polar surface area (TPSA) is 67.4 Å². The number of unbranched alkanes of at least 4 members (excludes halogenated alkanes) is 3. The summed E-state index contributed by atoms with van der Waals surface area (Å²) in [5.41, 5.74) is 1.27. The molecule has 1 unspecified atom stereocenters. The lowest BCUT2D eigenvalue weighted by Gasteiger charge is -2.23. The highest BCUT2D eigenvalue weighted by molar-refractivity contribution is 5.99. The van der Waals surface area contributed by atoms with Gasteiger partial charge in [-0.1, -0.05) is 26.2 Å². The standard InChI is InChI=1S/C16H22N2O3/c1-3-4-5-6-7-15(19)17-12-8-9-14-13(10-12)18-16(20)11(2)21-14/h8-11H,3-7H2,1-2H3,(H,17,19)(H,18,20). The normalized spacial score (nSPS) is 16.7. The van der Waals surface area contributed by atoms with Crippen molar-refractivity contribution in [2.75, 3.05) is 10.6 Å². The van der Waals surface area contributed by atoms with Gasteiger partial charge in [-0.15, -0.1) is 0 Å². The summed E-state index contributed by atoms with van der Waals surface area (Å²) in [7, 11) is 0. The van der Waals surface area contributed by atoms with Crippen molar-refractivity contribution in [3.8, 4) is 5.75 Å². The van der Waals surface area contributed by atoms with Gasteiger partial charge in [0, 0.05) is 12.1 Å². The smallest absolute Gasteiger partial charge is 0.265 e. The molecule has 2 rings (SSSR count). The second-order valence-corrected chi connectivity index (χ2v) is 5.32. The lowest BCUT2D eigenvalue weighted by Crippen LogP contribution is -2.34. The minimum Gasteiger partial charge on any atom is -0.479 e. The number of fused-ring (bicyclic) bond motifs is 1. The van der Waals surface area contributed by atoms with Crippen molar-refractivity contribution in [2.24, 2.45) is 0 Å². The molecule has 0 aliphatic carbocycles. The molecule has 5 heteroatoms. The van der Waals surface area contributed by atoms with E-state index in [2.05, 4.69) is 17.6 Å². The summed E-state index contributed by atoms with van der Waals surface area (Å²) in [6.07, 6.45) is 4.34. The number of ether oxygens (including phenoxy) is 1. The van der Waals surface area contributed by atoms with Gasteiger partial charge in [-0.2, -0.15) is 0 Å². The van der Waals surface area contributed by atoms with Crippen molar-refractivity contribution in [1.29, 1.82) is 0 Å². The summed E-state index contributed by atoms with van der Waals surface area (Å²) >= 11 is 0. The quantitative estimate of drug-likeness (QED) is 0.790. The van der Waals surface area contributed by atoms with Crippen molar-refractivity contribution in [3.63, 3.8) is 0 Å². The average Bonchev–Trinajstić information content (AvgIpc) is 2.45. The first-order chi connectivity index (χ1) is 10.1. The summed E-state index contributed by atoms with van der Waals surface area (Å²) in [5, 5.41) is 5.62. The molecule has 0 spiro atoms. The van der Waals surface area contributed by atoms with Crippen LogP contribution in [0.25, 0.3) is 0 Å². The monoisotopic (exact) mass is 290 g/mol. The van der Waals surface area contributed by atoms with E-state index in [0.29, 0.717) is 23.5 Å². The van der Waals surface area contributed by atoms with Crippen molar-refractivity contribution in [3.05, 3.63) is 18.2 Å². The zero-order chi connectivity index (χ0) is 15.2. The molecule has 114 valence electrons. The first-order valence-electron chi connectivity index (χ1n) is 7.51. The maximum Gasteiger partial charge on any atom is 0.265 e. The summed E-state index contributed by atoms with van der Waals surface area (Å²) in [6.45, 7) is 3.84. The van der Waals surface area contributed by atoms with Gasteiger partial charge >= 0.3 is 0 Å². The van der Waals surface area contributed by atoms with E-state index in [1.807, 2.05) is 0 Å². The Balaban J connectivity index is 1.91. The molecule has 1 aromatic rings. The van der Waals surface area contributed by atoms with Gasteiger partial charge in [-0.25, -0.2) is 0 Å². The Morgan fingerprint density at radius 1 is 1.33 bits per heavy atom. The van der Waals surface area contributed by atoms with Gasteiger partial charge in [-0.05, 0) is 31.5 Å². The predicted molar refractivity (Wildman–Crippen MR) is 82.6 cm³/mol. The Morgan fingerprint density at radius 3 is 2.90 bits per heavy atom. The van der Waals surface area contributed by atoms with Gasteiger partial charge in [0.15, 0.2) is 6.10 Å². The van der Waals surface area contributed by atoms with Crippen LogP contribution in [0.1, 0.15) is 46.0 Å². The highest BCUT2D eigenvalue weighted by Gasteiger charge is 2.23. The van der Waals surface area contributed by atoms with E-state index in [-0.39, 0.29) is 11.8 Å². The van der Waals surface area contributed by atoms with Crippen molar-refractivity contribution in [1.82, 2.24) is 0 Å². The largest absolute Gasteiger partial charge is 0.479 e. The molecule has 0 aromatic heterocycles. The van der Waals surface area contributed by atoms with E-state index in [4.69, 9.17) is 4.74 Å². The Morgan fingerprint density at radius 2 is 2.14 bits per heavy atom. The van der Waals surface area contributed by atoms with Crippen LogP contribution in [0, 0.1) is 0 Å². The van der Waals surface area contributed by atoms with Crippen molar-refractivity contribution >= 4 is 23.2 Å². The third kappa shape index (κ3) is 4.21. The third-order valence-electron chi connectivity index (χ3n) is 3.45. The van der Waals surface area contributed by atoms with E-state index >= 15 is 0 Å². The fourth-order valence-corrected chi connectivity index (χ4v) is 2.22. The minimum absolute atomic E-state index is 0.00229. The highest BCUT2D eigenvalue weighted by atomic mass is 16.5. The molecule has 2 N–H and O–H groups in total. The number of rotatable bonds is 6. The fourth-order valence-electron chi connectivity index (χ4n) is 2.22. The van der Waals surface area contributed by atoms with Crippen molar-refractivity contribution in [2.45, 2.75) is 52.1 Å². The number of carbonyl (C=O) groups is 2. The van der Waals surface area contributed by atoms with Gasteiger partial charge in [0.05, 0.1) is 5.69 Å². The molecule has 0 fully saturated rings. The van der Waals surface area contributed by atoms with E-state index < -0.39 is 6.10 Å². The summed E-state index contributed by atoms with van der Waals surface area (Å²) in [5.74, 6) is 0.455. The molecule has 1 aliphatic rings. The Hall–Kier alpha value is -2.04. The molecule has 0 saturated heterocycles. The number of benzene rings is 1. The van der Waals surface area contributed by atoms with Crippen LogP contribution in [0.4, 0.5) is 11.4 Å². The van der Waals surface area contributed by atoms with Crippen LogP contribution in [-0.4, -0.2) is 17.9 Å². The lowest BCUT2D eigenvalue weighted by atomic mass is 10.1. The Labute approximate surface area is 125 Å². The average molecular weight is 290 g/mol. The number of nitrogens with one attached hydrogen (secondary N) is 2. The lowest BCUT2D eigenvalue weighted by molar-refractivity contribution is -0.122. The molecule has 5 nitrogen and oxygen atoms in total. The second kappa shape index (κ2) is 7.11. The molecule has 0 saturated carbocycles. The molecule has 21 heavy (non-hydrogen) atoms. The van der Waals surface area contributed by atoms with Crippen LogP contribution >= 0.6 is 0 Å². The summed E-state index contributed by atoms with van der Waals surface area (Å²) < 4.78 is 5.47. The molecule has 1 atom stereocenters. The van der Waals surface area contributed by atoms with E-state index in [0.717, 1.165) is 25.7 Å². The molecule has 1 aromatic carbocycles. The van der Waals surface area contributed by atoms with Gasteiger partial charge in [0.1, 0.15) is 5.75 Å². The first-order valence-corrected chi connectivity index (χ1v) is 7.51. The Kier molecular flexibility index (Phi) is 5.20. The van der Waals surface area contributed by atoms with Crippen LogP contribution < -0.4 is 15.4 Å². The van der Waals surface area contributed by atoms with E-state index in [1.54, 1.807) is 25.1 Å². The maximum atomic E-state index is 11.8. The number of anilines is 2. The molecule has 0 bridgehead atoms. The number of hydrogen-bond acceptors (Lipinski definition) is 3. The first kappa shape index (κ1) is 15.4. The van der Waals surface area contributed by atoms with Gasteiger partial charge in [-0.3, -0.25) is 9.59 Å². The van der Waals surface area contributed by atoms with Crippen LogP contribution in [0.5, 0.6) is 5.75 Å². The van der Waals surface area contributed by atoms with Gasteiger partial charge < -0.3 is 15.4 Å². The van der Waals surface area contributed by atoms with E-state index in [1.165, 1.54) is 0 Å². The van der Waals surface area contributed by atoms with Crippen LogP contribution in [-0.2, 0) is 9.59 Å². The summed E-state index contributed by atoms with van der Waals surface area (Å²) in [4.78, 5) is 23.4. The third-order valence-corrected chi connectivity index (χ3v) is 3.45. The zero-order valence-electron chi connectivity index (χ0n) is 12.6. The SMILES string of the molecule is CCCCCCC(=O)Nc1ccc2c(c1)NC(=O)C(C)O2.